The van der Waals surface area contributed by atoms with Gasteiger partial charge >= 0.3 is 6.03 Å². The van der Waals surface area contributed by atoms with E-state index < -0.39 is 0 Å². The molecule has 0 spiro atoms. The molecule has 2 aliphatic heterocycles. The van der Waals surface area contributed by atoms with E-state index in [0.717, 1.165) is 26.2 Å². The van der Waals surface area contributed by atoms with Gasteiger partial charge in [-0.15, -0.1) is 0 Å². The number of rotatable bonds is 1. The van der Waals surface area contributed by atoms with Gasteiger partial charge in [0.05, 0.1) is 0 Å². The van der Waals surface area contributed by atoms with Gasteiger partial charge in [0.25, 0.3) is 0 Å². The van der Waals surface area contributed by atoms with E-state index in [9.17, 15) is 9.18 Å². The molecule has 96 valence electrons. The fraction of sp³-hybridized carbons (Fsp3) is 0.462. The molecule has 2 aliphatic rings. The number of likely N-dealkylation sites (tertiary alicyclic amines) is 1. The summed E-state index contributed by atoms with van der Waals surface area (Å²) < 4.78 is 13.0. The maximum atomic E-state index is 13.0. The average molecular weight is 249 g/mol. The van der Waals surface area contributed by atoms with Crippen LogP contribution in [0, 0.1) is 17.7 Å². The molecule has 2 unspecified atom stereocenters. The van der Waals surface area contributed by atoms with Crippen molar-refractivity contribution in [3.05, 3.63) is 30.1 Å². The van der Waals surface area contributed by atoms with E-state index in [1.54, 1.807) is 12.1 Å². The monoisotopic (exact) mass is 249 g/mol. The fourth-order valence-electron chi connectivity index (χ4n) is 2.79. The summed E-state index contributed by atoms with van der Waals surface area (Å²) in [7, 11) is 0. The van der Waals surface area contributed by atoms with Gasteiger partial charge in [-0.2, -0.15) is 0 Å². The van der Waals surface area contributed by atoms with Gasteiger partial charge in [-0.05, 0) is 30.0 Å². The molecule has 2 atom stereocenters. The highest BCUT2D eigenvalue weighted by atomic mass is 19.1. The summed E-state index contributed by atoms with van der Waals surface area (Å²) in [5.74, 6) is 0.807. The van der Waals surface area contributed by atoms with E-state index in [-0.39, 0.29) is 11.8 Å². The normalized spacial score (nSPS) is 26.2. The minimum Gasteiger partial charge on any atom is -0.324 e. The van der Waals surface area contributed by atoms with Crippen LogP contribution >= 0.6 is 0 Å². The SMILES string of the molecule is O=C(Nc1cccc(F)c1)N1CC2CNCC2C1. The fourth-order valence-corrected chi connectivity index (χ4v) is 2.79. The van der Waals surface area contributed by atoms with Gasteiger partial charge in [0.15, 0.2) is 0 Å². The summed E-state index contributed by atoms with van der Waals surface area (Å²) >= 11 is 0. The van der Waals surface area contributed by atoms with Crippen LogP contribution in [-0.4, -0.2) is 37.1 Å². The maximum Gasteiger partial charge on any atom is 0.321 e. The van der Waals surface area contributed by atoms with Gasteiger partial charge in [0, 0.05) is 31.9 Å². The highest BCUT2D eigenvalue weighted by Gasteiger charge is 2.37. The molecule has 0 aromatic heterocycles. The lowest BCUT2D eigenvalue weighted by Crippen LogP contribution is -2.35. The molecule has 5 heteroatoms. The maximum absolute atomic E-state index is 13.0. The Kier molecular flexibility index (Phi) is 2.91. The predicted molar refractivity (Wildman–Crippen MR) is 66.8 cm³/mol. The van der Waals surface area contributed by atoms with Crippen molar-refractivity contribution < 1.29 is 9.18 Å². The molecule has 2 fully saturated rings. The molecule has 3 rings (SSSR count). The molecule has 4 nitrogen and oxygen atoms in total. The Morgan fingerprint density at radius 3 is 2.72 bits per heavy atom. The van der Waals surface area contributed by atoms with Crippen LogP contribution in [-0.2, 0) is 0 Å². The first-order valence-corrected chi connectivity index (χ1v) is 6.24. The topological polar surface area (TPSA) is 44.4 Å². The van der Waals surface area contributed by atoms with Crippen LogP contribution in [0.15, 0.2) is 24.3 Å². The Morgan fingerprint density at radius 1 is 1.33 bits per heavy atom. The van der Waals surface area contributed by atoms with Crippen molar-refractivity contribution in [1.29, 1.82) is 0 Å². The molecule has 1 aromatic carbocycles. The number of urea groups is 1. The zero-order valence-corrected chi connectivity index (χ0v) is 10.0. The number of benzene rings is 1. The summed E-state index contributed by atoms with van der Waals surface area (Å²) in [6.45, 7) is 3.57. The van der Waals surface area contributed by atoms with E-state index in [1.165, 1.54) is 12.1 Å². The molecule has 0 bridgehead atoms. The highest BCUT2D eigenvalue weighted by molar-refractivity contribution is 5.89. The first-order valence-electron chi connectivity index (χ1n) is 6.24. The van der Waals surface area contributed by atoms with E-state index in [0.29, 0.717) is 17.5 Å². The van der Waals surface area contributed by atoms with Crippen LogP contribution < -0.4 is 10.6 Å². The molecule has 0 saturated carbocycles. The van der Waals surface area contributed by atoms with Crippen molar-refractivity contribution in [3.8, 4) is 0 Å². The second-order valence-corrected chi connectivity index (χ2v) is 5.02. The third-order valence-corrected chi connectivity index (χ3v) is 3.75. The predicted octanol–water partition coefficient (Wildman–Crippen LogP) is 1.51. The van der Waals surface area contributed by atoms with E-state index in [2.05, 4.69) is 10.6 Å². The molecule has 0 aliphatic carbocycles. The van der Waals surface area contributed by atoms with Crippen molar-refractivity contribution >= 4 is 11.7 Å². The highest BCUT2D eigenvalue weighted by Crippen LogP contribution is 2.26. The van der Waals surface area contributed by atoms with Crippen LogP contribution in [0.2, 0.25) is 0 Å². The van der Waals surface area contributed by atoms with Gasteiger partial charge in [-0.25, -0.2) is 9.18 Å². The first kappa shape index (κ1) is 11.5. The van der Waals surface area contributed by atoms with Gasteiger partial charge < -0.3 is 15.5 Å². The molecule has 2 heterocycles. The van der Waals surface area contributed by atoms with Crippen molar-refractivity contribution in [2.75, 3.05) is 31.5 Å². The minimum atomic E-state index is -0.338. The smallest absolute Gasteiger partial charge is 0.321 e. The molecule has 2 N–H and O–H groups in total. The van der Waals surface area contributed by atoms with Crippen LogP contribution in [0.1, 0.15) is 0 Å². The number of nitrogens with zero attached hydrogens (tertiary/aromatic N) is 1. The number of hydrogen-bond donors (Lipinski definition) is 2. The van der Waals surface area contributed by atoms with Gasteiger partial charge in [0.1, 0.15) is 5.82 Å². The van der Waals surface area contributed by atoms with Gasteiger partial charge in [0.2, 0.25) is 0 Å². The second kappa shape index (κ2) is 4.57. The Morgan fingerprint density at radius 2 is 2.06 bits per heavy atom. The van der Waals surface area contributed by atoms with Crippen LogP contribution in [0.5, 0.6) is 0 Å². The molecule has 2 saturated heterocycles. The zero-order chi connectivity index (χ0) is 12.5. The summed E-state index contributed by atoms with van der Waals surface area (Å²) in [6, 6.07) is 5.85. The van der Waals surface area contributed by atoms with E-state index >= 15 is 0 Å². The number of anilines is 1. The Labute approximate surface area is 105 Å². The molecular weight excluding hydrogens is 233 g/mol. The molecule has 0 radical (unpaired) electrons. The molecule has 2 amide bonds. The van der Waals surface area contributed by atoms with Crippen molar-refractivity contribution in [2.24, 2.45) is 11.8 Å². The summed E-state index contributed by atoms with van der Waals surface area (Å²) in [6.07, 6.45) is 0. The standard InChI is InChI=1S/C13H16FN3O/c14-11-2-1-3-12(4-11)16-13(18)17-7-9-5-15-6-10(9)8-17/h1-4,9-10,15H,5-8H2,(H,16,18). The van der Waals surface area contributed by atoms with E-state index in [4.69, 9.17) is 0 Å². The Bertz CT molecular complexity index is 453. The number of fused-ring (bicyclic) bond motifs is 1. The van der Waals surface area contributed by atoms with Crippen molar-refractivity contribution in [1.82, 2.24) is 10.2 Å². The van der Waals surface area contributed by atoms with Crippen molar-refractivity contribution in [3.63, 3.8) is 0 Å². The number of amides is 2. The molecule has 18 heavy (non-hydrogen) atoms. The number of hydrogen-bond acceptors (Lipinski definition) is 2. The van der Waals surface area contributed by atoms with Crippen LogP contribution in [0.3, 0.4) is 0 Å². The zero-order valence-electron chi connectivity index (χ0n) is 10.0. The lowest BCUT2D eigenvalue weighted by molar-refractivity contribution is 0.219. The van der Waals surface area contributed by atoms with Gasteiger partial charge in [-0.1, -0.05) is 6.07 Å². The Balaban J connectivity index is 1.62. The quantitative estimate of drug-likeness (QED) is 0.792. The summed E-state index contributed by atoms with van der Waals surface area (Å²) in [5, 5.41) is 6.07. The minimum absolute atomic E-state index is 0.130. The van der Waals surface area contributed by atoms with E-state index in [1.807, 2.05) is 4.90 Å². The third kappa shape index (κ3) is 2.18. The number of nitrogens with one attached hydrogen (secondary N) is 2. The largest absolute Gasteiger partial charge is 0.324 e. The molecular formula is C13H16FN3O. The first-order chi connectivity index (χ1) is 8.72. The van der Waals surface area contributed by atoms with Crippen molar-refractivity contribution in [2.45, 2.75) is 0 Å². The lowest BCUT2D eigenvalue weighted by atomic mass is 10.0. The Hall–Kier alpha value is -1.62. The summed E-state index contributed by atoms with van der Waals surface area (Å²) in [5.41, 5.74) is 0.509. The van der Waals surface area contributed by atoms with Crippen LogP contribution in [0.25, 0.3) is 0 Å². The third-order valence-electron chi connectivity index (χ3n) is 3.75. The number of halogens is 1. The second-order valence-electron chi connectivity index (χ2n) is 5.02. The summed E-state index contributed by atoms with van der Waals surface area (Å²) in [4.78, 5) is 13.8. The number of carbonyl (C=O) groups is 1. The lowest BCUT2D eigenvalue weighted by Gasteiger charge is -2.18. The average Bonchev–Trinajstić information content (AvgIpc) is 2.88. The van der Waals surface area contributed by atoms with Gasteiger partial charge in [-0.3, -0.25) is 0 Å². The molecule has 1 aromatic rings. The number of carbonyl (C=O) groups excluding carboxylic acids is 1. The van der Waals surface area contributed by atoms with Crippen LogP contribution in [0.4, 0.5) is 14.9 Å².